The van der Waals surface area contributed by atoms with Crippen LogP contribution in [0, 0.1) is 6.92 Å². The van der Waals surface area contributed by atoms with E-state index in [-0.39, 0.29) is 30.7 Å². The summed E-state index contributed by atoms with van der Waals surface area (Å²) in [6.45, 7) is 2.15. The van der Waals surface area contributed by atoms with Crippen LogP contribution in [0.3, 0.4) is 0 Å². The molecule has 6 nitrogen and oxygen atoms in total. The van der Waals surface area contributed by atoms with Gasteiger partial charge in [-0.1, -0.05) is 24.3 Å². The number of aryl methyl sites for hydroxylation is 1. The monoisotopic (exact) mass is 429 g/mol. The molecule has 1 N–H and O–H groups in total. The van der Waals surface area contributed by atoms with Crippen molar-refractivity contribution in [2.75, 3.05) is 11.9 Å². The number of carbonyl (C=O) groups excluding carboxylic acids is 3. The SMILES string of the molecule is Cc1nc2ccc(NC(=O)CCCN3C(=O)c4cccc5cccc(c45)C3=O)cc2s1. The molecule has 1 aromatic heterocycles. The molecule has 5 rings (SSSR count). The quantitative estimate of drug-likeness (QED) is 0.464. The topological polar surface area (TPSA) is 79.4 Å². The van der Waals surface area contributed by atoms with Crippen LogP contribution in [0.25, 0.3) is 21.0 Å². The van der Waals surface area contributed by atoms with Crippen LogP contribution in [0.1, 0.15) is 38.6 Å². The number of rotatable bonds is 5. The van der Waals surface area contributed by atoms with Gasteiger partial charge < -0.3 is 5.32 Å². The van der Waals surface area contributed by atoms with Crippen molar-refractivity contribution in [1.82, 2.24) is 9.88 Å². The highest BCUT2D eigenvalue weighted by atomic mass is 32.1. The predicted molar refractivity (Wildman–Crippen MR) is 122 cm³/mol. The first-order valence-corrected chi connectivity index (χ1v) is 10.9. The molecule has 0 bridgehead atoms. The Bertz CT molecular complexity index is 1320. The van der Waals surface area contributed by atoms with Crippen molar-refractivity contribution < 1.29 is 14.4 Å². The van der Waals surface area contributed by atoms with Crippen LogP contribution >= 0.6 is 11.3 Å². The van der Waals surface area contributed by atoms with Crippen LogP contribution in [0.5, 0.6) is 0 Å². The molecule has 0 unspecified atom stereocenters. The number of anilines is 1. The predicted octanol–water partition coefficient (Wildman–Crippen LogP) is 4.77. The van der Waals surface area contributed by atoms with Gasteiger partial charge >= 0.3 is 0 Å². The molecule has 31 heavy (non-hydrogen) atoms. The Morgan fingerprint density at radius 1 is 1.03 bits per heavy atom. The van der Waals surface area contributed by atoms with E-state index in [0.29, 0.717) is 28.6 Å². The van der Waals surface area contributed by atoms with Gasteiger partial charge in [0.05, 0.1) is 15.2 Å². The summed E-state index contributed by atoms with van der Waals surface area (Å²) in [7, 11) is 0. The smallest absolute Gasteiger partial charge is 0.261 e. The summed E-state index contributed by atoms with van der Waals surface area (Å²) < 4.78 is 1.02. The lowest BCUT2D eigenvalue weighted by molar-refractivity contribution is -0.116. The van der Waals surface area contributed by atoms with Crippen LogP contribution in [-0.4, -0.2) is 34.2 Å². The molecule has 3 amide bonds. The first-order chi connectivity index (χ1) is 15.0. The third kappa shape index (κ3) is 3.47. The minimum absolute atomic E-state index is 0.153. The van der Waals surface area contributed by atoms with Gasteiger partial charge in [-0.25, -0.2) is 4.98 Å². The first-order valence-electron chi connectivity index (χ1n) is 10.1. The molecule has 1 aliphatic heterocycles. The molecule has 0 saturated heterocycles. The molecule has 0 fully saturated rings. The fraction of sp³-hybridized carbons (Fsp3) is 0.167. The van der Waals surface area contributed by atoms with Crippen LogP contribution in [-0.2, 0) is 4.79 Å². The number of hydrogen-bond donors (Lipinski definition) is 1. The number of imide groups is 1. The number of amides is 3. The van der Waals surface area contributed by atoms with Crippen LogP contribution in [0.4, 0.5) is 5.69 Å². The molecule has 154 valence electrons. The standard InChI is InChI=1S/C24H19N3O3S/c1-14-25-19-11-10-16(13-20(19)31-14)26-21(28)9-4-12-27-23(29)17-7-2-5-15-6-3-8-18(22(15)17)24(27)30/h2-3,5-8,10-11,13H,4,9,12H2,1H3,(H,26,28). The fourth-order valence-corrected chi connectivity index (χ4v) is 4.89. The van der Waals surface area contributed by atoms with Gasteiger partial charge in [0.25, 0.3) is 11.8 Å². The van der Waals surface area contributed by atoms with Crippen LogP contribution in [0.15, 0.2) is 54.6 Å². The molecule has 3 aromatic carbocycles. The molecule has 0 aliphatic carbocycles. The second-order valence-corrected chi connectivity index (χ2v) is 8.77. The number of fused-ring (bicyclic) bond motifs is 1. The molecule has 7 heteroatoms. The largest absolute Gasteiger partial charge is 0.326 e. The van der Waals surface area contributed by atoms with E-state index < -0.39 is 0 Å². The normalized spacial score (nSPS) is 13.3. The highest BCUT2D eigenvalue weighted by Gasteiger charge is 2.32. The maximum atomic E-state index is 12.9. The number of hydrogen-bond acceptors (Lipinski definition) is 5. The van der Waals surface area contributed by atoms with Gasteiger partial charge in [-0.15, -0.1) is 11.3 Å². The highest BCUT2D eigenvalue weighted by Crippen LogP contribution is 2.30. The zero-order chi connectivity index (χ0) is 21.5. The number of nitrogens with zero attached hydrogens (tertiary/aromatic N) is 2. The van der Waals surface area contributed by atoms with Gasteiger partial charge in [0.15, 0.2) is 0 Å². The van der Waals surface area contributed by atoms with Gasteiger partial charge in [-0.3, -0.25) is 19.3 Å². The lowest BCUT2D eigenvalue weighted by atomic mass is 9.94. The summed E-state index contributed by atoms with van der Waals surface area (Å²) in [6.07, 6.45) is 0.603. The molecule has 4 aromatic rings. The molecular weight excluding hydrogens is 410 g/mol. The van der Waals surface area contributed by atoms with E-state index in [2.05, 4.69) is 10.3 Å². The summed E-state index contributed by atoms with van der Waals surface area (Å²) >= 11 is 1.58. The first kappa shape index (κ1) is 19.4. The minimum Gasteiger partial charge on any atom is -0.326 e. The van der Waals surface area contributed by atoms with Crippen molar-refractivity contribution in [3.8, 4) is 0 Å². The van der Waals surface area contributed by atoms with E-state index in [9.17, 15) is 14.4 Å². The summed E-state index contributed by atoms with van der Waals surface area (Å²) in [6, 6.07) is 16.6. The molecule has 1 aliphatic rings. The number of aromatic nitrogens is 1. The number of thiazole rings is 1. The van der Waals surface area contributed by atoms with Crippen LogP contribution in [0.2, 0.25) is 0 Å². The lowest BCUT2D eigenvalue weighted by Crippen LogP contribution is -2.41. The van der Waals surface area contributed by atoms with E-state index in [1.54, 1.807) is 23.5 Å². The van der Waals surface area contributed by atoms with Crippen molar-refractivity contribution in [1.29, 1.82) is 0 Å². The van der Waals surface area contributed by atoms with Crippen molar-refractivity contribution >= 4 is 55.7 Å². The summed E-state index contributed by atoms with van der Waals surface area (Å²) in [5.74, 6) is -0.763. The molecule has 0 saturated carbocycles. The van der Waals surface area contributed by atoms with Crippen molar-refractivity contribution in [3.63, 3.8) is 0 Å². The van der Waals surface area contributed by atoms with E-state index >= 15 is 0 Å². The van der Waals surface area contributed by atoms with Crippen molar-refractivity contribution in [3.05, 3.63) is 70.7 Å². The van der Waals surface area contributed by atoms with E-state index in [0.717, 1.165) is 20.6 Å². The maximum Gasteiger partial charge on any atom is 0.261 e. The Balaban J connectivity index is 1.25. The van der Waals surface area contributed by atoms with Crippen LogP contribution < -0.4 is 5.32 Å². The molecule has 2 heterocycles. The second-order valence-electron chi connectivity index (χ2n) is 7.54. The van der Waals surface area contributed by atoms with E-state index in [1.165, 1.54) is 4.90 Å². The van der Waals surface area contributed by atoms with E-state index in [1.807, 2.05) is 49.4 Å². The number of carbonyl (C=O) groups is 3. The fourth-order valence-electron chi connectivity index (χ4n) is 4.02. The molecule has 0 spiro atoms. The Morgan fingerprint density at radius 3 is 2.45 bits per heavy atom. The van der Waals surface area contributed by atoms with Gasteiger partial charge in [0.1, 0.15) is 0 Å². The zero-order valence-electron chi connectivity index (χ0n) is 16.8. The van der Waals surface area contributed by atoms with E-state index in [4.69, 9.17) is 0 Å². The molecule has 0 radical (unpaired) electrons. The average Bonchev–Trinajstić information content (AvgIpc) is 3.13. The van der Waals surface area contributed by atoms with Crippen molar-refractivity contribution in [2.45, 2.75) is 19.8 Å². The highest BCUT2D eigenvalue weighted by molar-refractivity contribution is 7.18. The molecule has 0 atom stereocenters. The lowest BCUT2D eigenvalue weighted by Gasteiger charge is -2.27. The minimum atomic E-state index is -0.305. The molecular formula is C24H19N3O3S. The van der Waals surface area contributed by atoms with Gasteiger partial charge in [-0.2, -0.15) is 0 Å². The summed E-state index contributed by atoms with van der Waals surface area (Å²) in [5, 5.41) is 5.45. The van der Waals surface area contributed by atoms with Crippen molar-refractivity contribution in [2.24, 2.45) is 0 Å². The Morgan fingerprint density at radius 2 is 1.74 bits per heavy atom. The third-order valence-corrected chi connectivity index (χ3v) is 6.35. The Labute approximate surface area is 182 Å². The Kier molecular flexibility index (Phi) is 4.75. The number of benzene rings is 3. The second kappa shape index (κ2) is 7.59. The van der Waals surface area contributed by atoms with Gasteiger partial charge in [0.2, 0.25) is 5.91 Å². The summed E-state index contributed by atoms with van der Waals surface area (Å²) in [5.41, 5.74) is 2.69. The summed E-state index contributed by atoms with van der Waals surface area (Å²) in [4.78, 5) is 43.9. The third-order valence-electron chi connectivity index (χ3n) is 5.42. The van der Waals surface area contributed by atoms with Gasteiger partial charge in [0, 0.05) is 35.2 Å². The Hall–Kier alpha value is -3.58. The average molecular weight is 430 g/mol. The van der Waals surface area contributed by atoms with Gasteiger partial charge in [-0.05, 0) is 49.1 Å². The maximum absolute atomic E-state index is 12.9. The zero-order valence-corrected chi connectivity index (χ0v) is 17.7. The number of nitrogens with one attached hydrogen (secondary N) is 1.